The van der Waals surface area contributed by atoms with Gasteiger partial charge in [-0.1, -0.05) is 6.92 Å². The lowest BCUT2D eigenvalue weighted by molar-refractivity contribution is 0.475. The Balaban J connectivity index is 2.64. The number of aliphatic imine (C=N–C) groups is 1. The Kier molecular flexibility index (Phi) is 3.50. The van der Waals surface area contributed by atoms with Gasteiger partial charge in [0.1, 0.15) is 5.75 Å². The maximum absolute atomic E-state index is 9.04. The molecule has 0 aromatic heterocycles. The summed E-state index contributed by atoms with van der Waals surface area (Å²) in [7, 11) is 0. The van der Waals surface area contributed by atoms with Crippen LogP contribution in [0, 0.1) is 0 Å². The SMILES string of the molecule is CC[C@H](C)N=Cc1ccc(O)cc1. The monoisotopic (exact) mass is 177 g/mol. The highest BCUT2D eigenvalue weighted by atomic mass is 16.3. The minimum atomic E-state index is 0.292. The Morgan fingerprint density at radius 2 is 2.00 bits per heavy atom. The molecule has 0 saturated heterocycles. The first kappa shape index (κ1) is 9.78. The van der Waals surface area contributed by atoms with E-state index in [1.54, 1.807) is 12.1 Å². The zero-order valence-electron chi connectivity index (χ0n) is 8.07. The molecule has 0 amide bonds. The van der Waals surface area contributed by atoms with Crippen LogP contribution in [0.5, 0.6) is 5.75 Å². The number of rotatable bonds is 3. The van der Waals surface area contributed by atoms with Crippen molar-refractivity contribution in [2.45, 2.75) is 26.3 Å². The molecule has 0 saturated carbocycles. The van der Waals surface area contributed by atoms with Crippen LogP contribution in [0.2, 0.25) is 0 Å². The normalized spacial score (nSPS) is 13.4. The van der Waals surface area contributed by atoms with E-state index in [1.807, 2.05) is 18.3 Å². The van der Waals surface area contributed by atoms with Gasteiger partial charge < -0.3 is 5.11 Å². The third-order valence-electron chi connectivity index (χ3n) is 1.96. The summed E-state index contributed by atoms with van der Waals surface area (Å²) in [5, 5.41) is 9.04. The zero-order valence-corrected chi connectivity index (χ0v) is 8.07. The van der Waals surface area contributed by atoms with Crippen molar-refractivity contribution in [1.82, 2.24) is 0 Å². The molecule has 0 bridgehead atoms. The number of benzene rings is 1. The molecule has 1 N–H and O–H groups in total. The second-order valence-corrected chi connectivity index (χ2v) is 3.13. The first-order valence-electron chi connectivity index (χ1n) is 4.54. The van der Waals surface area contributed by atoms with Gasteiger partial charge >= 0.3 is 0 Å². The van der Waals surface area contributed by atoms with Crippen molar-refractivity contribution in [1.29, 1.82) is 0 Å². The largest absolute Gasteiger partial charge is 0.508 e. The third kappa shape index (κ3) is 3.28. The van der Waals surface area contributed by atoms with Gasteiger partial charge in [-0.3, -0.25) is 4.99 Å². The van der Waals surface area contributed by atoms with E-state index < -0.39 is 0 Å². The molecule has 0 aliphatic carbocycles. The number of aromatic hydroxyl groups is 1. The van der Waals surface area contributed by atoms with Crippen LogP contribution in [0.4, 0.5) is 0 Å². The van der Waals surface area contributed by atoms with Crippen molar-refractivity contribution in [2.75, 3.05) is 0 Å². The molecule has 0 fully saturated rings. The molecule has 0 spiro atoms. The summed E-state index contributed by atoms with van der Waals surface area (Å²) in [6.45, 7) is 4.19. The number of nitrogens with zero attached hydrogens (tertiary/aromatic N) is 1. The van der Waals surface area contributed by atoms with E-state index in [4.69, 9.17) is 5.11 Å². The fraction of sp³-hybridized carbons (Fsp3) is 0.364. The van der Waals surface area contributed by atoms with E-state index in [0.29, 0.717) is 11.8 Å². The van der Waals surface area contributed by atoms with Gasteiger partial charge in [0.15, 0.2) is 0 Å². The average Bonchev–Trinajstić information content (AvgIpc) is 2.16. The predicted octanol–water partition coefficient (Wildman–Crippen LogP) is 2.61. The van der Waals surface area contributed by atoms with Gasteiger partial charge in [0.2, 0.25) is 0 Å². The van der Waals surface area contributed by atoms with Crippen LogP contribution >= 0.6 is 0 Å². The standard InChI is InChI=1S/C11H15NO/c1-3-9(2)12-8-10-4-6-11(13)7-5-10/h4-9,13H,3H2,1-2H3/t9-/m0/s1. The number of hydrogen-bond acceptors (Lipinski definition) is 2. The molecule has 13 heavy (non-hydrogen) atoms. The topological polar surface area (TPSA) is 32.6 Å². The number of phenolic OH excluding ortho intramolecular Hbond substituents is 1. The first-order chi connectivity index (χ1) is 6.22. The summed E-state index contributed by atoms with van der Waals surface area (Å²) in [5.74, 6) is 0.292. The third-order valence-corrected chi connectivity index (χ3v) is 1.96. The molecule has 2 heteroatoms. The molecule has 0 radical (unpaired) electrons. The van der Waals surface area contributed by atoms with Crippen molar-refractivity contribution in [3.8, 4) is 5.75 Å². The summed E-state index contributed by atoms with van der Waals surface area (Å²) < 4.78 is 0. The maximum Gasteiger partial charge on any atom is 0.115 e. The van der Waals surface area contributed by atoms with Crippen LogP contribution in [0.25, 0.3) is 0 Å². The van der Waals surface area contributed by atoms with Gasteiger partial charge in [0, 0.05) is 12.3 Å². The summed E-state index contributed by atoms with van der Waals surface area (Å²) in [5.41, 5.74) is 1.03. The van der Waals surface area contributed by atoms with Crippen LogP contribution in [0.3, 0.4) is 0 Å². The minimum absolute atomic E-state index is 0.292. The quantitative estimate of drug-likeness (QED) is 0.707. The molecular formula is C11H15NO. The highest BCUT2D eigenvalue weighted by Gasteiger charge is 1.92. The lowest BCUT2D eigenvalue weighted by Gasteiger charge is -1.99. The molecular weight excluding hydrogens is 162 g/mol. The molecule has 1 aromatic carbocycles. The molecule has 2 nitrogen and oxygen atoms in total. The second-order valence-electron chi connectivity index (χ2n) is 3.13. The lowest BCUT2D eigenvalue weighted by atomic mass is 10.2. The van der Waals surface area contributed by atoms with E-state index in [0.717, 1.165) is 12.0 Å². The van der Waals surface area contributed by atoms with Gasteiger partial charge in [0.25, 0.3) is 0 Å². The second kappa shape index (κ2) is 4.65. The summed E-state index contributed by atoms with van der Waals surface area (Å²) in [4.78, 5) is 4.34. The van der Waals surface area contributed by atoms with Crippen LogP contribution < -0.4 is 0 Å². The Morgan fingerprint density at radius 1 is 1.38 bits per heavy atom. The van der Waals surface area contributed by atoms with Crippen molar-refractivity contribution in [2.24, 2.45) is 4.99 Å². The van der Waals surface area contributed by atoms with Crippen molar-refractivity contribution in [3.63, 3.8) is 0 Å². The van der Waals surface area contributed by atoms with E-state index >= 15 is 0 Å². The van der Waals surface area contributed by atoms with Crippen LogP contribution in [0.1, 0.15) is 25.8 Å². The smallest absolute Gasteiger partial charge is 0.115 e. The highest BCUT2D eigenvalue weighted by molar-refractivity contribution is 5.79. The average molecular weight is 177 g/mol. The Bertz CT molecular complexity index is 277. The van der Waals surface area contributed by atoms with Gasteiger partial charge in [-0.15, -0.1) is 0 Å². The van der Waals surface area contributed by atoms with Gasteiger partial charge in [-0.2, -0.15) is 0 Å². The highest BCUT2D eigenvalue weighted by Crippen LogP contribution is 2.08. The predicted molar refractivity (Wildman–Crippen MR) is 55.5 cm³/mol. The fourth-order valence-electron chi connectivity index (χ4n) is 0.879. The summed E-state index contributed by atoms with van der Waals surface area (Å²) in [6.07, 6.45) is 2.89. The lowest BCUT2D eigenvalue weighted by Crippen LogP contribution is -1.94. The van der Waals surface area contributed by atoms with Gasteiger partial charge in [-0.05, 0) is 43.2 Å². The van der Waals surface area contributed by atoms with Crippen LogP contribution in [-0.4, -0.2) is 17.4 Å². The van der Waals surface area contributed by atoms with E-state index in [-0.39, 0.29) is 0 Å². The molecule has 0 unspecified atom stereocenters. The minimum Gasteiger partial charge on any atom is -0.508 e. The molecule has 1 aromatic rings. The zero-order chi connectivity index (χ0) is 9.68. The van der Waals surface area contributed by atoms with Crippen LogP contribution in [-0.2, 0) is 0 Å². The van der Waals surface area contributed by atoms with Gasteiger partial charge in [0.05, 0.1) is 0 Å². The van der Waals surface area contributed by atoms with E-state index in [2.05, 4.69) is 18.8 Å². The summed E-state index contributed by atoms with van der Waals surface area (Å²) >= 11 is 0. The molecule has 1 atom stereocenters. The maximum atomic E-state index is 9.04. The Morgan fingerprint density at radius 3 is 2.54 bits per heavy atom. The first-order valence-corrected chi connectivity index (χ1v) is 4.54. The Hall–Kier alpha value is -1.31. The van der Waals surface area contributed by atoms with E-state index in [9.17, 15) is 0 Å². The fourth-order valence-corrected chi connectivity index (χ4v) is 0.879. The molecule has 0 aliphatic rings. The molecule has 1 rings (SSSR count). The molecule has 70 valence electrons. The summed E-state index contributed by atoms with van der Waals surface area (Å²) in [6, 6.07) is 7.40. The van der Waals surface area contributed by atoms with Crippen molar-refractivity contribution < 1.29 is 5.11 Å². The Labute approximate surface area is 78.9 Å². The van der Waals surface area contributed by atoms with Crippen molar-refractivity contribution in [3.05, 3.63) is 29.8 Å². The number of phenols is 1. The number of hydrogen-bond donors (Lipinski definition) is 1. The van der Waals surface area contributed by atoms with Gasteiger partial charge in [-0.25, -0.2) is 0 Å². The molecule has 0 heterocycles. The van der Waals surface area contributed by atoms with Crippen molar-refractivity contribution >= 4 is 6.21 Å². The van der Waals surface area contributed by atoms with Crippen LogP contribution in [0.15, 0.2) is 29.3 Å². The van der Waals surface area contributed by atoms with E-state index in [1.165, 1.54) is 0 Å². The molecule has 0 aliphatic heterocycles.